The quantitative estimate of drug-likeness (QED) is 0.650. The highest BCUT2D eigenvalue weighted by atomic mass is 16.2. The van der Waals surface area contributed by atoms with E-state index in [-0.39, 0.29) is 0 Å². The molecule has 0 unspecified atom stereocenters. The number of piperidine rings is 1. The van der Waals surface area contributed by atoms with Gasteiger partial charge < -0.3 is 15.3 Å². The molecular formula is C12H26N2O. The molecule has 0 amide bonds. The molecule has 1 heterocycles. The molecule has 90 valence electrons. The van der Waals surface area contributed by atoms with E-state index in [1.54, 1.807) is 0 Å². The second kappa shape index (κ2) is 6.46. The van der Waals surface area contributed by atoms with E-state index in [0.717, 1.165) is 25.9 Å². The second-order valence-electron chi connectivity index (χ2n) is 5.22. The topological polar surface area (TPSA) is 35.5 Å². The molecule has 1 rings (SSSR count). The molecule has 1 aliphatic rings. The van der Waals surface area contributed by atoms with E-state index >= 15 is 0 Å². The van der Waals surface area contributed by atoms with Gasteiger partial charge >= 0.3 is 0 Å². The van der Waals surface area contributed by atoms with Crippen molar-refractivity contribution < 1.29 is 5.11 Å². The van der Waals surface area contributed by atoms with Crippen LogP contribution < -0.4 is 5.32 Å². The first-order chi connectivity index (χ1) is 7.16. The van der Waals surface area contributed by atoms with E-state index in [9.17, 15) is 0 Å². The van der Waals surface area contributed by atoms with Crippen molar-refractivity contribution in [3.8, 4) is 0 Å². The average molecular weight is 214 g/mol. The molecule has 1 saturated heterocycles. The standard InChI is InChI=1S/C12H26N2O/c1-12(5-8-14(2)9-6-12)11-13-7-3-4-10-15/h13,15H,3-11H2,1-2H3. The molecule has 0 aromatic rings. The highest BCUT2D eigenvalue weighted by Crippen LogP contribution is 2.29. The largest absolute Gasteiger partial charge is 0.396 e. The predicted molar refractivity (Wildman–Crippen MR) is 64.0 cm³/mol. The number of nitrogens with one attached hydrogen (secondary N) is 1. The van der Waals surface area contributed by atoms with Crippen molar-refractivity contribution in [1.29, 1.82) is 0 Å². The minimum absolute atomic E-state index is 0.323. The van der Waals surface area contributed by atoms with Crippen molar-refractivity contribution in [1.82, 2.24) is 10.2 Å². The van der Waals surface area contributed by atoms with Gasteiger partial charge in [0.05, 0.1) is 0 Å². The maximum Gasteiger partial charge on any atom is 0.0431 e. The van der Waals surface area contributed by atoms with Gasteiger partial charge in [0.1, 0.15) is 0 Å². The summed E-state index contributed by atoms with van der Waals surface area (Å²) in [5.74, 6) is 0. The molecule has 0 saturated carbocycles. The third kappa shape index (κ3) is 4.96. The van der Waals surface area contributed by atoms with Crippen LogP contribution in [-0.4, -0.2) is 49.8 Å². The summed E-state index contributed by atoms with van der Waals surface area (Å²) in [5.41, 5.74) is 0.492. The molecule has 1 aliphatic heterocycles. The van der Waals surface area contributed by atoms with E-state index < -0.39 is 0 Å². The number of nitrogens with zero attached hydrogens (tertiary/aromatic N) is 1. The minimum Gasteiger partial charge on any atom is -0.396 e. The first-order valence-corrected chi connectivity index (χ1v) is 6.16. The van der Waals surface area contributed by atoms with Gasteiger partial charge in [-0.05, 0) is 57.8 Å². The van der Waals surface area contributed by atoms with Gasteiger partial charge in [-0.2, -0.15) is 0 Å². The zero-order chi connectivity index (χ0) is 11.1. The summed E-state index contributed by atoms with van der Waals surface area (Å²) in [4.78, 5) is 2.41. The Hall–Kier alpha value is -0.120. The zero-order valence-electron chi connectivity index (χ0n) is 10.3. The molecule has 0 spiro atoms. The molecule has 3 nitrogen and oxygen atoms in total. The highest BCUT2D eigenvalue weighted by molar-refractivity contribution is 4.83. The number of unbranched alkanes of at least 4 members (excludes halogenated alkanes) is 1. The van der Waals surface area contributed by atoms with E-state index in [1.807, 2.05) is 0 Å². The van der Waals surface area contributed by atoms with Crippen LogP contribution >= 0.6 is 0 Å². The van der Waals surface area contributed by atoms with Crippen LogP contribution in [-0.2, 0) is 0 Å². The average Bonchev–Trinajstić information content (AvgIpc) is 2.23. The van der Waals surface area contributed by atoms with Crippen molar-refractivity contribution in [2.75, 3.05) is 39.8 Å². The second-order valence-corrected chi connectivity index (χ2v) is 5.22. The summed E-state index contributed by atoms with van der Waals surface area (Å²) >= 11 is 0. The lowest BCUT2D eigenvalue weighted by Crippen LogP contribution is -2.42. The molecule has 0 atom stereocenters. The lowest BCUT2D eigenvalue weighted by atomic mass is 9.80. The fraction of sp³-hybridized carbons (Fsp3) is 1.00. The van der Waals surface area contributed by atoms with Crippen LogP contribution in [0.4, 0.5) is 0 Å². The van der Waals surface area contributed by atoms with Crippen LogP contribution in [0.1, 0.15) is 32.6 Å². The first kappa shape index (κ1) is 12.9. The molecular weight excluding hydrogens is 188 g/mol. The number of aliphatic hydroxyl groups is 1. The Bertz CT molecular complexity index is 165. The number of hydrogen-bond acceptors (Lipinski definition) is 3. The summed E-state index contributed by atoms with van der Waals surface area (Å²) < 4.78 is 0. The number of rotatable bonds is 6. The molecule has 0 bridgehead atoms. The fourth-order valence-corrected chi connectivity index (χ4v) is 2.09. The van der Waals surface area contributed by atoms with Gasteiger partial charge in [0.15, 0.2) is 0 Å². The summed E-state index contributed by atoms with van der Waals surface area (Å²) in [6, 6.07) is 0. The summed E-state index contributed by atoms with van der Waals surface area (Å²) in [6.07, 6.45) is 4.62. The monoisotopic (exact) mass is 214 g/mol. The van der Waals surface area contributed by atoms with Crippen LogP contribution in [0, 0.1) is 5.41 Å². The Morgan fingerprint density at radius 1 is 1.27 bits per heavy atom. The van der Waals surface area contributed by atoms with Gasteiger partial charge in [-0.1, -0.05) is 6.92 Å². The zero-order valence-corrected chi connectivity index (χ0v) is 10.3. The molecule has 2 N–H and O–H groups in total. The molecule has 0 aromatic carbocycles. The van der Waals surface area contributed by atoms with Crippen molar-refractivity contribution in [2.24, 2.45) is 5.41 Å². The molecule has 0 aromatic heterocycles. The maximum absolute atomic E-state index is 8.66. The van der Waals surface area contributed by atoms with Crippen LogP contribution in [0.5, 0.6) is 0 Å². The van der Waals surface area contributed by atoms with Crippen LogP contribution in [0.25, 0.3) is 0 Å². The molecule has 0 radical (unpaired) electrons. The smallest absolute Gasteiger partial charge is 0.0431 e. The van der Waals surface area contributed by atoms with Crippen LogP contribution in [0.15, 0.2) is 0 Å². The number of hydrogen-bond donors (Lipinski definition) is 2. The molecule has 1 fully saturated rings. The van der Waals surface area contributed by atoms with Gasteiger partial charge in [-0.25, -0.2) is 0 Å². The van der Waals surface area contributed by atoms with Gasteiger partial charge in [0.2, 0.25) is 0 Å². The van der Waals surface area contributed by atoms with Crippen molar-refractivity contribution in [3.63, 3.8) is 0 Å². The van der Waals surface area contributed by atoms with Gasteiger partial charge in [-0.3, -0.25) is 0 Å². The fourth-order valence-electron chi connectivity index (χ4n) is 2.09. The van der Waals surface area contributed by atoms with Gasteiger partial charge in [0, 0.05) is 13.2 Å². The van der Waals surface area contributed by atoms with Gasteiger partial charge in [0.25, 0.3) is 0 Å². The third-order valence-electron chi connectivity index (χ3n) is 3.51. The Labute approximate surface area is 93.9 Å². The summed E-state index contributed by atoms with van der Waals surface area (Å²) in [5, 5.41) is 12.2. The lowest BCUT2D eigenvalue weighted by molar-refractivity contribution is 0.137. The Balaban J connectivity index is 2.08. The Morgan fingerprint density at radius 2 is 1.93 bits per heavy atom. The molecule has 0 aliphatic carbocycles. The van der Waals surface area contributed by atoms with E-state index in [0.29, 0.717) is 12.0 Å². The first-order valence-electron chi connectivity index (χ1n) is 6.16. The SMILES string of the molecule is CN1CCC(C)(CNCCCCO)CC1. The molecule has 15 heavy (non-hydrogen) atoms. The summed E-state index contributed by atoms with van der Waals surface area (Å²) in [7, 11) is 2.20. The Morgan fingerprint density at radius 3 is 2.53 bits per heavy atom. The normalized spacial score (nSPS) is 21.8. The lowest BCUT2D eigenvalue weighted by Gasteiger charge is -2.38. The van der Waals surface area contributed by atoms with Crippen LogP contribution in [0.2, 0.25) is 0 Å². The highest BCUT2D eigenvalue weighted by Gasteiger charge is 2.27. The number of aliphatic hydroxyl groups excluding tert-OH is 1. The van der Waals surface area contributed by atoms with Crippen molar-refractivity contribution >= 4 is 0 Å². The molecule has 3 heteroatoms. The predicted octanol–water partition coefficient (Wildman–Crippen LogP) is 1.08. The summed E-state index contributed by atoms with van der Waals surface area (Å²) in [6.45, 7) is 7.35. The van der Waals surface area contributed by atoms with Crippen molar-refractivity contribution in [2.45, 2.75) is 32.6 Å². The Kier molecular flexibility index (Phi) is 5.58. The third-order valence-corrected chi connectivity index (χ3v) is 3.51. The van der Waals surface area contributed by atoms with Crippen molar-refractivity contribution in [3.05, 3.63) is 0 Å². The van der Waals surface area contributed by atoms with E-state index in [4.69, 9.17) is 5.11 Å². The van der Waals surface area contributed by atoms with Crippen LogP contribution in [0.3, 0.4) is 0 Å². The minimum atomic E-state index is 0.323. The maximum atomic E-state index is 8.66. The van der Waals surface area contributed by atoms with E-state index in [2.05, 4.69) is 24.2 Å². The van der Waals surface area contributed by atoms with E-state index in [1.165, 1.54) is 25.9 Å². The number of likely N-dealkylation sites (tertiary alicyclic amines) is 1. The van der Waals surface area contributed by atoms with Gasteiger partial charge in [-0.15, -0.1) is 0 Å².